The smallest absolute Gasteiger partial charge is 0.258 e. The zero-order chi connectivity index (χ0) is 18.7. The highest BCUT2D eigenvalue weighted by Gasteiger charge is 2.19. The standard InChI is InChI=1S/C16H15N5O4S/c1-12(13-2-4-14(5-3-13)20-11-17-10-18-20)19-26(24,25)16-8-6-15(7-9-16)21(22)23/h2-12,19H,1H3. The van der Waals surface area contributed by atoms with E-state index in [0.29, 0.717) is 0 Å². The van der Waals surface area contributed by atoms with E-state index in [2.05, 4.69) is 14.8 Å². The van der Waals surface area contributed by atoms with Crippen LogP contribution in [-0.4, -0.2) is 28.1 Å². The number of nitrogens with zero attached hydrogens (tertiary/aromatic N) is 4. The van der Waals surface area contributed by atoms with Gasteiger partial charge >= 0.3 is 0 Å². The Hall–Kier alpha value is -3.11. The van der Waals surface area contributed by atoms with E-state index in [1.165, 1.54) is 18.5 Å². The summed E-state index contributed by atoms with van der Waals surface area (Å²) in [6, 6.07) is 11.4. The zero-order valence-corrected chi connectivity index (χ0v) is 14.5. The van der Waals surface area contributed by atoms with Gasteiger partial charge < -0.3 is 0 Å². The fourth-order valence-electron chi connectivity index (χ4n) is 2.37. The average Bonchev–Trinajstić information content (AvgIpc) is 3.16. The largest absolute Gasteiger partial charge is 0.269 e. The maximum Gasteiger partial charge on any atom is 0.269 e. The lowest BCUT2D eigenvalue weighted by Crippen LogP contribution is -2.26. The molecule has 3 rings (SSSR count). The van der Waals surface area contributed by atoms with Crippen molar-refractivity contribution in [1.29, 1.82) is 0 Å². The minimum Gasteiger partial charge on any atom is -0.258 e. The van der Waals surface area contributed by atoms with E-state index < -0.39 is 21.0 Å². The van der Waals surface area contributed by atoms with Gasteiger partial charge in [0.1, 0.15) is 12.7 Å². The van der Waals surface area contributed by atoms with Crippen molar-refractivity contribution in [1.82, 2.24) is 19.5 Å². The highest BCUT2D eigenvalue weighted by molar-refractivity contribution is 7.89. The first-order chi connectivity index (χ1) is 12.4. The van der Waals surface area contributed by atoms with E-state index >= 15 is 0 Å². The minimum absolute atomic E-state index is 0.0332. The molecular formula is C16H15N5O4S. The molecule has 2 aromatic carbocycles. The van der Waals surface area contributed by atoms with Crippen molar-refractivity contribution in [2.45, 2.75) is 17.9 Å². The minimum atomic E-state index is -3.80. The third kappa shape index (κ3) is 3.76. The van der Waals surface area contributed by atoms with E-state index in [1.807, 2.05) is 0 Å². The number of benzene rings is 2. The number of aromatic nitrogens is 3. The van der Waals surface area contributed by atoms with E-state index in [9.17, 15) is 18.5 Å². The van der Waals surface area contributed by atoms with E-state index in [-0.39, 0.29) is 10.6 Å². The Morgan fingerprint density at radius 2 is 1.77 bits per heavy atom. The van der Waals surface area contributed by atoms with Crippen LogP contribution >= 0.6 is 0 Å². The number of nitro groups is 1. The van der Waals surface area contributed by atoms with E-state index in [1.54, 1.807) is 42.2 Å². The van der Waals surface area contributed by atoms with Crippen LogP contribution in [0.4, 0.5) is 5.69 Å². The first-order valence-electron chi connectivity index (χ1n) is 7.58. The molecule has 0 saturated carbocycles. The quantitative estimate of drug-likeness (QED) is 0.522. The van der Waals surface area contributed by atoms with Crippen molar-refractivity contribution in [2.24, 2.45) is 0 Å². The predicted molar refractivity (Wildman–Crippen MR) is 93.2 cm³/mol. The summed E-state index contributed by atoms with van der Waals surface area (Å²) in [5.74, 6) is 0. The molecule has 0 spiro atoms. The number of nitro benzene ring substituents is 1. The molecule has 1 heterocycles. The van der Waals surface area contributed by atoms with Crippen molar-refractivity contribution >= 4 is 15.7 Å². The van der Waals surface area contributed by atoms with E-state index in [4.69, 9.17) is 0 Å². The lowest BCUT2D eigenvalue weighted by atomic mass is 10.1. The molecule has 0 aliphatic carbocycles. The Labute approximate surface area is 149 Å². The molecule has 0 aliphatic heterocycles. The van der Waals surface area contributed by atoms with Crippen LogP contribution in [0.5, 0.6) is 0 Å². The van der Waals surface area contributed by atoms with Crippen molar-refractivity contribution in [2.75, 3.05) is 0 Å². The van der Waals surface area contributed by atoms with Crippen LogP contribution in [0.25, 0.3) is 5.69 Å². The molecule has 0 bridgehead atoms. The number of hydrogen-bond acceptors (Lipinski definition) is 6. The molecule has 1 atom stereocenters. The van der Waals surface area contributed by atoms with Gasteiger partial charge in [-0.3, -0.25) is 10.1 Å². The summed E-state index contributed by atoms with van der Waals surface area (Å²) in [6.45, 7) is 1.72. The third-order valence-corrected chi connectivity index (χ3v) is 5.32. The number of non-ortho nitro benzene ring substituents is 1. The SMILES string of the molecule is CC(NS(=O)(=O)c1ccc([N+](=O)[O-])cc1)c1ccc(-n2cncn2)cc1. The van der Waals surface area contributed by atoms with Gasteiger partial charge in [0.2, 0.25) is 10.0 Å². The fourth-order valence-corrected chi connectivity index (χ4v) is 3.61. The molecule has 9 nitrogen and oxygen atoms in total. The van der Waals surface area contributed by atoms with Gasteiger partial charge in [0.15, 0.2) is 0 Å². The van der Waals surface area contributed by atoms with Crippen LogP contribution in [0.15, 0.2) is 66.1 Å². The Morgan fingerprint density at radius 1 is 1.12 bits per heavy atom. The van der Waals surface area contributed by atoms with Gasteiger partial charge in [-0.2, -0.15) is 5.10 Å². The van der Waals surface area contributed by atoms with Gasteiger partial charge in [0.25, 0.3) is 5.69 Å². The molecule has 1 N–H and O–H groups in total. The molecule has 0 radical (unpaired) electrons. The van der Waals surface area contributed by atoms with Crippen LogP contribution in [0.3, 0.4) is 0 Å². The molecule has 10 heteroatoms. The topological polar surface area (TPSA) is 120 Å². The lowest BCUT2D eigenvalue weighted by Gasteiger charge is -2.15. The number of nitrogens with one attached hydrogen (secondary N) is 1. The van der Waals surface area contributed by atoms with Crippen molar-refractivity contribution < 1.29 is 13.3 Å². The van der Waals surface area contributed by atoms with Gasteiger partial charge in [0.05, 0.1) is 15.5 Å². The molecule has 134 valence electrons. The molecule has 0 fully saturated rings. The Morgan fingerprint density at radius 3 is 2.31 bits per heavy atom. The van der Waals surface area contributed by atoms with Gasteiger partial charge in [-0.05, 0) is 36.8 Å². The summed E-state index contributed by atoms with van der Waals surface area (Å²) in [5, 5.41) is 14.7. The summed E-state index contributed by atoms with van der Waals surface area (Å²) in [4.78, 5) is 13.9. The number of rotatable bonds is 6. The second-order valence-electron chi connectivity index (χ2n) is 5.53. The first-order valence-corrected chi connectivity index (χ1v) is 9.07. The van der Waals surface area contributed by atoms with Crippen LogP contribution < -0.4 is 4.72 Å². The van der Waals surface area contributed by atoms with Crippen LogP contribution in [0.1, 0.15) is 18.5 Å². The molecule has 1 aromatic heterocycles. The summed E-state index contributed by atoms with van der Waals surface area (Å²) >= 11 is 0. The Kier molecular flexibility index (Phi) is 4.78. The van der Waals surface area contributed by atoms with Gasteiger partial charge in [0, 0.05) is 18.2 Å². The van der Waals surface area contributed by atoms with Gasteiger partial charge in [-0.1, -0.05) is 12.1 Å². The maximum atomic E-state index is 12.4. The normalized spacial score (nSPS) is 12.7. The van der Waals surface area contributed by atoms with Crippen molar-refractivity contribution in [3.05, 3.63) is 76.9 Å². The molecule has 26 heavy (non-hydrogen) atoms. The molecular weight excluding hydrogens is 358 g/mol. The van der Waals surface area contributed by atoms with E-state index in [0.717, 1.165) is 23.4 Å². The molecule has 3 aromatic rings. The monoisotopic (exact) mass is 373 g/mol. The fraction of sp³-hybridized carbons (Fsp3) is 0.125. The highest BCUT2D eigenvalue weighted by Crippen LogP contribution is 2.20. The molecule has 1 unspecified atom stereocenters. The summed E-state index contributed by atoms with van der Waals surface area (Å²) in [6.07, 6.45) is 2.99. The Balaban J connectivity index is 1.75. The van der Waals surface area contributed by atoms with Gasteiger partial charge in [-0.15, -0.1) is 0 Å². The van der Waals surface area contributed by atoms with Gasteiger partial charge in [-0.25, -0.2) is 22.8 Å². The number of sulfonamides is 1. The average molecular weight is 373 g/mol. The van der Waals surface area contributed by atoms with Crippen molar-refractivity contribution in [3.63, 3.8) is 0 Å². The number of hydrogen-bond donors (Lipinski definition) is 1. The van der Waals surface area contributed by atoms with Crippen LogP contribution in [0, 0.1) is 10.1 Å². The predicted octanol–water partition coefficient (Wildman–Crippen LogP) is 2.21. The van der Waals surface area contributed by atoms with Crippen molar-refractivity contribution in [3.8, 4) is 5.69 Å². The molecule has 0 amide bonds. The molecule has 0 saturated heterocycles. The Bertz CT molecular complexity index is 1000. The summed E-state index contributed by atoms with van der Waals surface area (Å²) in [7, 11) is -3.80. The summed E-state index contributed by atoms with van der Waals surface area (Å²) < 4.78 is 29.0. The third-order valence-electron chi connectivity index (χ3n) is 3.77. The lowest BCUT2D eigenvalue weighted by molar-refractivity contribution is -0.384. The molecule has 0 aliphatic rings. The van der Waals surface area contributed by atoms with Crippen LogP contribution in [-0.2, 0) is 10.0 Å². The first kappa shape index (κ1) is 17.7. The second-order valence-corrected chi connectivity index (χ2v) is 7.24. The summed E-state index contributed by atoms with van der Waals surface area (Å²) in [5.41, 5.74) is 1.40. The zero-order valence-electron chi connectivity index (χ0n) is 13.7. The second kappa shape index (κ2) is 7.02. The highest BCUT2D eigenvalue weighted by atomic mass is 32.2. The maximum absolute atomic E-state index is 12.4. The van der Waals surface area contributed by atoms with Crippen LogP contribution in [0.2, 0.25) is 0 Å².